The SMILES string of the molecule is CCC(C)C(=O)CC1(C)CCCCC1. The Morgan fingerprint density at radius 3 is 2.36 bits per heavy atom. The Labute approximate surface area is 88.3 Å². The maximum absolute atomic E-state index is 11.8. The van der Waals surface area contributed by atoms with Gasteiger partial charge in [0.2, 0.25) is 0 Å². The van der Waals surface area contributed by atoms with E-state index >= 15 is 0 Å². The number of carbonyl (C=O) groups is 1. The molecule has 0 amide bonds. The minimum absolute atomic E-state index is 0.272. The second-order valence-corrected chi connectivity index (χ2v) is 5.32. The fourth-order valence-corrected chi connectivity index (χ4v) is 2.40. The molecule has 0 aromatic carbocycles. The highest BCUT2D eigenvalue weighted by Crippen LogP contribution is 2.39. The van der Waals surface area contributed by atoms with Crippen molar-refractivity contribution in [1.29, 1.82) is 0 Å². The molecule has 1 rings (SSSR count). The number of rotatable bonds is 4. The molecule has 0 heterocycles. The Bertz CT molecular complexity index is 189. The standard InChI is InChI=1S/C13H24O/c1-4-11(2)12(14)10-13(3)8-6-5-7-9-13/h11H,4-10H2,1-3H3. The van der Waals surface area contributed by atoms with E-state index in [2.05, 4.69) is 20.8 Å². The molecule has 0 aromatic heterocycles. The minimum Gasteiger partial charge on any atom is -0.299 e. The van der Waals surface area contributed by atoms with E-state index in [4.69, 9.17) is 0 Å². The van der Waals surface area contributed by atoms with Crippen molar-refractivity contribution in [2.75, 3.05) is 0 Å². The zero-order valence-corrected chi connectivity index (χ0v) is 9.94. The van der Waals surface area contributed by atoms with Crippen molar-refractivity contribution < 1.29 is 4.79 Å². The molecular formula is C13H24O. The summed E-state index contributed by atoms with van der Waals surface area (Å²) in [7, 11) is 0. The molecule has 14 heavy (non-hydrogen) atoms. The van der Waals surface area contributed by atoms with Crippen LogP contribution < -0.4 is 0 Å². The second kappa shape index (κ2) is 4.95. The highest BCUT2D eigenvalue weighted by atomic mass is 16.1. The summed E-state index contributed by atoms with van der Waals surface area (Å²) >= 11 is 0. The Kier molecular flexibility index (Phi) is 4.15. The molecule has 1 unspecified atom stereocenters. The Hall–Kier alpha value is -0.330. The first-order chi connectivity index (χ1) is 6.57. The molecule has 1 nitrogen and oxygen atoms in total. The van der Waals surface area contributed by atoms with Crippen LogP contribution >= 0.6 is 0 Å². The Balaban J connectivity index is 2.44. The van der Waals surface area contributed by atoms with Gasteiger partial charge in [0.05, 0.1) is 0 Å². The van der Waals surface area contributed by atoms with Crippen LogP contribution in [-0.2, 0) is 4.79 Å². The predicted molar refractivity (Wildman–Crippen MR) is 60.3 cm³/mol. The Morgan fingerprint density at radius 2 is 1.86 bits per heavy atom. The van der Waals surface area contributed by atoms with Crippen molar-refractivity contribution >= 4 is 5.78 Å². The van der Waals surface area contributed by atoms with Crippen LogP contribution in [-0.4, -0.2) is 5.78 Å². The summed E-state index contributed by atoms with van der Waals surface area (Å²) in [5, 5.41) is 0. The minimum atomic E-state index is 0.272. The van der Waals surface area contributed by atoms with E-state index < -0.39 is 0 Å². The van der Waals surface area contributed by atoms with E-state index in [9.17, 15) is 4.79 Å². The number of ketones is 1. The molecule has 1 heteroatoms. The number of hydrogen-bond acceptors (Lipinski definition) is 1. The van der Waals surface area contributed by atoms with Crippen molar-refractivity contribution in [3.05, 3.63) is 0 Å². The van der Waals surface area contributed by atoms with E-state index in [1.807, 2.05) is 0 Å². The highest BCUT2D eigenvalue weighted by molar-refractivity contribution is 5.81. The van der Waals surface area contributed by atoms with Gasteiger partial charge in [-0.15, -0.1) is 0 Å². The van der Waals surface area contributed by atoms with Crippen molar-refractivity contribution in [2.24, 2.45) is 11.3 Å². The molecule has 0 spiro atoms. The zero-order chi connectivity index (χ0) is 10.6. The molecule has 0 bridgehead atoms. The van der Waals surface area contributed by atoms with Gasteiger partial charge in [-0.05, 0) is 24.7 Å². The molecule has 1 aliphatic carbocycles. The third-order valence-electron chi connectivity index (χ3n) is 3.82. The summed E-state index contributed by atoms with van der Waals surface area (Å²) in [5.41, 5.74) is 0.332. The lowest BCUT2D eigenvalue weighted by molar-refractivity contribution is -0.125. The lowest BCUT2D eigenvalue weighted by atomic mass is 9.71. The molecule has 0 radical (unpaired) electrons. The summed E-state index contributed by atoms with van der Waals surface area (Å²) in [6, 6.07) is 0. The lowest BCUT2D eigenvalue weighted by Crippen LogP contribution is -2.26. The van der Waals surface area contributed by atoms with Crippen molar-refractivity contribution in [3.8, 4) is 0 Å². The molecule has 1 fully saturated rings. The maximum Gasteiger partial charge on any atom is 0.136 e. The summed E-state index contributed by atoms with van der Waals surface area (Å²) < 4.78 is 0. The first-order valence-corrected chi connectivity index (χ1v) is 6.10. The van der Waals surface area contributed by atoms with Crippen LogP contribution in [0.4, 0.5) is 0 Å². The van der Waals surface area contributed by atoms with Gasteiger partial charge in [0.15, 0.2) is 0 Å². The molecule has 0 aromatic rings. The van der Waals surface area contributed by atoms with Gasteiger partial charge in [-0.3, -0.25) is 4.79 Å². The fraction of sp³-hybridized carbons (Fsp3) is 0.923. The third kappa shape index (κ3) is 3.11. The summed E-state index contributed by atoms with van der Waals surface area (Å²) in [4.78, 5) is 11.8. The number of hydrogen-bond donors (Lipinski definition) is 0. The normalized spacial score (nSPS) is 23.1. The molecule has 0 saturated heterocycles. The zero-order valence-electron chi connectivity index (χ0n) is 9.94. The molecule has 0 N–H and O–H groups in total. The summed E-state index contributed by atoms with van der Waals surface area (Å²) in [6.45, 7) is 6.47. The molecular weight excluding hydrogens is 172 g/mol. The van der Waals surface area contributed by atoms with Gasteiger partial charge >= 0.3 is 0 Å². The van der Waals surface area contributed by atoms with Crippen LogP contribution in [0.1, 0.15) is 65.7 Å². The van der Waals surface area contributed by atoms with Crippen molar-refractivity contribution in [2.45, 2.75) is 65.7 Å². The van der Waals surface area contributed by atoms with E-state index in [0.717, 1.165) is 12.8 Å². The number of Topliss-reactive ketones (excluding diaryl/α,β-unsaturated/α-hetero) is 1. The van der Waals surface area contributed by atoms with Crippen LogP contribution in [0.5, 0.6) is 0 Å². The monoisotopic (exact) mass is 196 g/mol. The topological polar surface area (TPSA) is 17.1 Å². The van der Waals surface area contributed by atoms with Gasteiger partial charge in [0.1, 0.15) is 5.78 Å². The van der Waals surface area contributed by atoms with Gasteiger partial charge in [0, 0.05) is 12.3 Å². The first-order valence-electron chi connectivity index (χ1n) is 6.10. The molecule has 1 aliphatic rings. The van der Waals surface area contributed by atoms with Gasteiger partial charge in [-0.2, -0.15) is 0 Å². The average molecular weight is 196 g/mol. The van der Waals surface area contributed by atoms with E-state index in [1.165, 1.54) is 32.1 Å². The summed E-state index contributed by atoms with van der Waals surface area (Å²) in [5.74, 6) is 0.755. The second-order valence-electron chi connectivity index (χ2n) is 5.32. The van der Waals surface area contributed by atoms with E-state index in [0.29, 0.717) is 11.2 Å². The molecule has 1 atom stereocenters. The van der Waals surface area contributed by atoms with Crippen LogP contribution in [0.25, 0.3) is 0 Å². The Morgan fingerprint density at radius 1 is 1.29 bits per heavy atom. The van der Waals surface area contributed by atoms with Crippen molar-refractivity contribution in [1.82, 2.24) is 0 Å². The maximum atomic E-state index is 11.8. The van der Waals surface area contributed by atoms with Crippen molar-refractivity contribution in [3.63, 3.8) is 0 Å². The van der Waals surface area contributed by atoms with Crippen LogP contribution in [0.2, 0.25) is 0 Å². The molecule has 82 valence electrons. The molecule has 0 aliphatic heterocycles. The number of carbonyl (C=O) groups excluding carboxylic acids is 1. The smallest absolute Gasteiger partial charge is 0.136 e. The average Bonchev–Trinajstić information content (AvgIpc) is 2.17. The quantitative estimate of drug-likeness (QED) is 0.665. The first kappa shape index (κ1) is 11.7. The van der Waals surface area contributed by atoms with Gasteiger partial charge in [-0.25, -0.2) is 0 Å². The predicted octanol–water partition coefficient (Wildman–Crippen LogP) is 3.96. The van der Waals surface area contributed by atoms with Crippen LogP contribution in [0.3, 0.4) is 0 Å². The van der Waals surface area contributed by atoms with Gasteiger partial charge in [0.25, 0.3) is 0 Å². The fourth-order valence-electron chi connectivity index (χ4n) is 2.40. The van der Waals surface area contributed by atoms with E-state index in [-0.39, 0.29) is 5.92 Å². The largest absolute Gasteiger partial charge is 0.299 e. The summed E-state index contributed by atoms with van der Waals surface area (Å²) in [6.07, 6.45) is 8.35. The lowest BCUT2D eigenvalue weighted by Gasteiger charge is -2.33. The van der Waals surface area contributed by atoms with Gasteiger partial charge < -0.3 is 0 Å². The highest BCUT2D eigenvalue weighted by Gasteiger charge is 2.30. The van der Waals surface area contributed by atoms with Crippen LogP contribution in [0.15, 0.2) is 0 Å². The van der Waals surface area contributed by atoms with Gasteiger partial charge in [-0.1, -0.05) is 40.0 Å². The van der Waals surface area contributed by atoms with E-state index in [1.54, 1.807) is 0 Å². The molecule has 1 saturated carbocycles. The third-order valence-corrected chi connectivity index (χ3v) is 3.82. The van der Waals surface area contributed by atoms with Crippen LogP contribution in [0, 0.1) is 11.3 Å².